The molecule has 4 nitrogen and oxygen atoms in total. The predicted molar refractivity (Wildman–Crippen MR) is 25.5 cm³/mol. The van der Waals surface area contributed by atoms with Gasteiger partial charge in [-0.25, -0.2) is 0 Å². The topological polar surface area (TPSA) is 62.0 Å². The van der Waals surface area contributed by atoms with E-state index in [1.165, 1.54) is 0 Å². The Hall–Kier alpha value is -0.930. The highest BCUT2D eigenvalue weighted by atomic mass is 16.4. The fraction of sp³-hybridized carbons (Fsp3) is 0.750. The molecule has 1 rings (SSSR count). The fourth-order valence-electron chi connectivity index (χ4n) is 0.415. The molecule has 0 aromatic heterocycles. The third-order valence-electron chi connectivity index (χ3n) is 0.895. The van der Waals surface area contributed by atoms with Gasteiger partial charge in [0.1, 0.15) is 0 Å². The van der Waals surface area contributed by atoms with Crippen LogP contribution in [0.2, 0.25) is 0 Å². The summed E-state index contributed by atoms with van der Waals surface area (Å²) in [6.07, 6.45) is 0.749. The summed E-state index contributed by atoms with van der Waals surface area (Å²) in [5.41, 5.74) is 0. The van der Waals surface area contributed by atoms with Crippen LogP contribution in [0.15, 0.2) is 10.2 Å². The van der Waals surface area contributed by atoms with Crippen molar-refractivity contribution < 1.29 is 9.90 Å². The number of carbonyl (C=O) groups is 1. The summed E-state index contributed by atoms with van der Waals surface area (Å²) in [6.45, 7) is 0. The molecule has 0 saturated carbocycles. The van der Waals surface area contributed by atoms with Gasteiger partial charge < -0.3 is 5.11 Å². The van der Waals surface area contributed by atoms with Crippen LogP contribution in [0, 0.1) is 0 Å². The van der Waals surface area contributed by atoms with E-state index in [1.54, 1.807) is 0 Å². The van der Waals surface area contributed by atoms with Gasteiger partial charge in [-0.3, -0.25) is 4.79 Å². The summed E-state index contributed by atoms with van der Waals surface area (Å²) in [4.78, 5) is 9.85. The zero-order valence-electron chi connectivity index (χ0n) is 4.24. The van der Waals surface area contributed by atoms with Crippen LogP contribution in [0.1, 0.15) is 12.8 Å². The van der Waals surface area contributed by atoms with Crippen molar-refractivity contribution >= 4 is 5.97 Å². The Labute approximate surface area is 46.2 Å². The predicted octanol–water partition coefficient (Wildman–Crippen LogP) is 0.643. The highest BCUT2D eigenvalue weighted by Crippen LogP contribution is 2.15. The van der Waals surface area contributed by atoms with Crippen molar-refractivity contribution in [3.05, 3.63) is 0 Å². The Morgan fingerprint density at radius 2 is 2.25 bits per heavy atom. The minimum atomic E-state index is -0.776. The van der Waals surface area contributed by atoms with Crippen molar-refractivity contribution in [3.63, 3.8) is 0 Å². The molecular formula is C4H6N2O2. The Kier molecular flexibility index (Phi) is 1.24. The van der Waals surface area contributed by atoms with Crippen LogP contribution in [0.3, 0.4) is 0 Å². The van der Waals surface area contributed by atoms with Crippen LogP contribution in [-0.2, 0) is 4.79 Å². The van der Waals surface area contributed by atoms with Gasteiger partial charge >= 0.3 is 5.97 Å². The SMILES string of the molecule is O=C(O)CCC1N=N1. The minimum Gasteiger partial charge on any atom is -0.481 e. The second-order valence-electron chi connectivity index (χ2n) is 1.64. The van der Waals surface area contributed by atoms with Gasteiger partial charge in [-0.05, 0) is 0 Å². The molecule has 0 spiro atoms. The van der Waals surface area contributed by atoms with Crippen LogP contribution < -0.4 is 0 Å². The van der Waals surface area contributed by atoms with E-state index in [1.807, 2.05) is 0 Å². The molecule has 1 N–H and O–H groups in total. The highest BCUT2D eigenvalue weighted by molar-refractivity contribution is 5.66. The molecule has 0 fully saturated rings. The van der Waals surface area contributed by atoms with Crippen molar-refractivity contribution in [1.29, 1.82) is 0 Å². The van der Waals surface area contributed by atoms with Crippen molar-refractivity contribution in [2.24, 2.45) is 10.2 Å². The lowest BCUT2D eigenvalue weighted by atomic mass is 10.3. The van der Waals surface area contributed by atoms with Crippen LogP contribution >= 0.6 is 0 Å². The molecule has 0 atom stereocenters. The molecule has 0 aliphatic carbocycles. The first-order valence-corrected chi connectivity index (χ1v) is 2.41. The maximum Gasteiger partial charge on any atom is 0.303 e. The van der Waals surface area contributed by atoms with Gasteiger partial charge in [0, 0.05) is 12.8 Å². The Balaban J connectivity index is 1.96. The van der Waals surface area contributed by atoms with Crippen molar-refractivity contribution in [1.82, 2.24) is 0 Å². The van der Waals surface area contributed by atoms with Gasteiger partial charge in [0.2, 0.25) is 0 Å². The summed E-state index contributed by atoms with van der Waals surface area (Å²) < 4.78 is 0. The maximum atomic E-state index is 9.85. The molecule has 4 heteroatoms. The van der Waals surface area contributed by atoms with Crippen molar-refractivity contribution in [2.75, 3.05) is 0 Å². The molecule has 1 aliphatic heterocycles. The number of hydrogen-bond acceptors (Lipinski definition) is 3. The minimum absolute atomic E-state index is 0.00565. The molecule has 0 amide bonds. The smallest absolute Gasteiger partial charge is 0.303 e. The molecule has 0 saturated heterocycles. The molecule has 0 radical (unpaired) electrons. The zero-order valence-corrected chi connectivity index (χ0v) is 4.24. The number of aliphatic carboxylic acids is 1. The summed E-state index contributed by atoms with van der Waals surface area (Å²) in [6, 6.07) is 0. The van der Waals surface area contributed by atoms with Crippen LogP contribution in [0.4, 0.5) is 0 Å². The molecule has 8 heavy (non-hydrogen) atoms. The van der Waals surface area contributed by atoms with E-state index in [0.717, 1.165) is 0 Å². The van der Waals surface area contributed by atoms with Crippen LogP contribution in [-0.4, -0.2) is 17.2 Å². The van der Waals surface area contributed by atoms with E-state index in [4.69, 9.17) is 5.11 Å². The molecular weight excluding hydrogens is 108 g/mol. The number of nitrogens with zero attached hydrogens (tertiary/aromatic N) is 2. The van der Waals surface area contributed by atoms with E-state index >= 15 is 0 Å². The lowest BCUT2D eigenvalue weighted by molar-refractivity contribution is -0.137. The van der Waals surface area contributed by atoms with Gasteiger partial charge in [0.15, 0.2) is 6.17 Å². The highest BCUT2D eigenvalue weighted by Gasteiger charge is 2.15. The Morgan fingerprint density at radius 1 is 1.62 bits per heavy atom. The van der Waals surface area contributed by atoms with E-state index in [0.29, 0.717) is 6.42 Å². The lowest BCUT2D eigenvalue weighted by Crippen LogP contribution is -1.96. The Bertz CT molecular complexity index is 126. The molecule has 0 aromatic rings. The zero-order chi connectivity index (χ0) is 5.98. The average molecular weight is 114 g/mol. The monoisotopic (exact) mass is 114 g/mol. The first-order chi connectivity index (χ1) is 3.79. The van der Waals surface area contributed by atoms with Crippen LogP contribution in [0.5, 0.6) is 0 Å². The quantitative estimate of drug-likeness (QED) is 0.585. The van der Waals surface area contributed by atoms with Crippen LogP contribution in [0.25, 0.3) is 0 Å². The largest absolute Gasteiger partial charge is 0.481 e. The summed E-state index contributed by atoms with van der Waals surface area (Å²) in [7, 11) is 0. The molecule has 1 heterocycles. The van der Waals surface area contributed by atoms with Gasteiger partial charge in [0.05, 0.1) is 0 Å². The number of hydrogen-bond donors (Lipinski definition) is 1. The average Bonchev–Trinajstić information content (AvgIpc) is 2.41. The second kappa shape index (κ2) is 1.90. The van der Waals surface area contributed by atoms with Crippen molar-refractivity contribution in [2.45, 2.75) is 19.0 Å². The summed E-state index contributed by atoms with van der Waals surface area (Å²) >= 11 is 0. The van der Waals surface area contributed by atoms with Gasteiger partial charge in [-0.15, -0.1) is 0 Å². The third kappa shape index (κ3) is 1.68. The first kappa shape index (κ1) is 5.21. The number of carboxylic acids is 1. The first-order valence-electron chi connectivity index (χ1n) is 2.41. The van der Waals surface area contributed by atoms with E-state index < -0.39 is 5.97 Å². The number of carboxylic acid groups (broad SMARTS) is 1. The second-order valence-corrected chi connectivity index (χ2v) is 1.64. The molecule has 0 unspecified atom stereocenters. The van der Waals surface area contributed by atoms with Gasteiger partial charge in [0.25, 0.3) is 0 Å². The third-order valence-corrected chi connectivity index (χ3v) is 0.895. The summed E-state index contributed by atoms with van der Waals surface area (Å²) in [5, 5.41) is 15.2. The number of rotatable bonds is 3. The summed E-state index contributed by atoms with van der Waals surface area (Å²) in [5.74, 6) is -0.776. The standard InChI is InChI=1S/C4H6N2O2/c7-4(8)2-1-3-5-6-3/h3H,1-2H2,(H,7,8). The van der Waals surface area contributed by atoms with Crippen molar-refractivity contribution in [3.8, 4) is 0 Å². The fourth-order valence-corrected chi connectivity index (χ4v) is 0.415. The van der Waals surface area contributed by atoms with Gasteiger partial charge in [-0.1, -0.05) is 0 Å². The van der Waals surface area contributed by atoms with E-state index in [2.05, 4.69) is 10.2 Å². The molecule has 0 aromatic carbocycles. The van der Waals surface area contributed by atoms with E-state index in [-0.39, 0.29) is 12.6 Å². The normalized spacial score (nSPS) is 16.5. The van der Waals surface area contributed by atoms with Gasteiger partial charge in [-0.2, -0.15) is 10.2 Å². The molecule has 0 bridgehead atoms. The maximum absolute atomic E-state index is 9.85. The van der Waals surface area contributed by atoms with E-state index in [9.17, 15) is 4.79 Å². The molecule has 44 valence electrons. The Morgan fingerprint density at radius 3 is 2.62 bits per heavy atom. The lowest BCUT2D eigenvalue weighted by Gasteiger charge is -1.85. The molecule has 1 aliphatic rings.